The Morgan fingerprint density at radius 2 is 1.93 bits per heavy atom. The van der Waals surface area contributed by atoms with E-state index in [9.17, 15) is 5.11 Å². The van der Waals surface area contributed by atoms with Crippen molar-refractivity contribution in [1.29, 1.82) is 0 Å². The van der Waals surface area contributed by atoms with Crippen molar-refractivity contribution in [3.63, 3.8) is 0 Å². The molecule has 0 fully saturated rings. The molecule has 2 atom stereocenters. The van der Waals surface area contributed by atoms with Gasteiger partial charge in [-0.1, -0.05) is 25.1 Å². The van der Waals surface area contributed by atoms with E-state index < -0.39 is 6.10 Å². The van der Waals surface area contributed by atoms with Gasteiger partial charge in [0.25, 0.3) is 0 Å². The summed E-state index contributed by atoms with van der Waals surface area (Å²) in [5.74, 6) is 0.792. The van der Waals surface area contributed by atoms with E-state index in [0.717, 1.165) is 5.56 Å². The van der Waals surface area contributed by atoms with Crippen molar-refractivity contribution in [2.75, 3.05) is 13.2 Å². The molecule has 1 aromatic carbocycles. The lowest BCUT2D eigenvalue weighted by atomic mass is 10.1. The van der Waals surface area contributed by atoms with Crippen LogP contribution in [0, 0.1) is 5.92 Å². The summed E-state index contributed by atoms with van der Waals surface area (Å²) in [4.78, 5) is 0. The Morgan fingerprint density at radius 3 is 2.53 bits per heavy atom. The molecule has 0 aromatic heterocycles. The fraction of sp³-hybridized carbons (Fsp3) is 0.500. The number of ether oxygens (including phenoxy) is 1. The Hall–Kier alpha value is -1.06. The smallest absolute Gasteiger partial charge is 0.125 e. The number of aliphatic hydroxyl groups is 2. The van der Waals surface area contributed by atoms with E-state index in [2.05, 4.69) is 0 Å². The van der Waals surface area contributed by atoms with Crippen molar-refractivity contribution < 1.29 is 14.9 Å². The molecule has 0 amide bonds. The van der Waals surface area contributed by atoms with Crippen LogP contribution in [-0.4, -0.2) is 23.4 Å². The normalized spacial score (nSPS) is 14.7. The number of hydrogen-bond acceptors (Lipinski definition) is 3. The van der Waals surface area contributed by atoms with Crippen LogP contribution in [0.4, 0.5) is 0 Å². The van der Waals surface area contributed by atoms with Gasteiger partial charge in [-0.25, -0.2) is 0 Å². The molecule has 2 N–H and O–H groups in total. The van der Waals surface area contributed by atoms with Crippen LogP contribution >= 0.6 is 0 Å². The second-order valence-corrected chi connectivity index (χ2v) is 3.81. The first-order valence-corrected chi connectivity index (χ1v) is 5.15. The SMILES string of the molecule is CC(CO)COc1ccccc1[C@H](C)O. The van der Waals surface area contributed by atoms with Crippen molar-refractivity contribution in [2.45, 2.75) is 20.0 Å². The van der Waals surface area contributed by atoms with Gasteiger partial charge >= 0.3 is 0 Å². The average Bonchev–Trinajstić information content (AvgIpc) is 2.26. The monoisotopic (exact) mass is 210 g/mol. The van der Waals surface area contributed by atoms with E-state index in [0.29, 0.717) is 12.4 Å². The maximum absolute atomic E-state index is 9.50. The zero-order valence-corrected chi connectivity index (χ0v) is 9.18. The average molecular weight is 210 g/mol. The third kappa shape index (κ3) is 3.53. The van der Waals surface area contributed by atoms with Crippen molar-refractivity contribution in [2.24, 2.45) is 5.92 Å². The first-order chi connectivity index (χ1) is 7.15. The fourth-order valence-electron chi connectivity index (χ4n) is 1.24. The highest BCUT2D eigenvalue weighted by Crippen LogP contribution is 2.24. The van der Waals surface area contributed by atoms with Gasteiger partial charge in [-0.3, -0.25) is 0 Å². The van der Waals surface area contributed by atoms with Gasteiger partial charge in [-0.15, -0.1) is 0 Å². The van der Waals surface area contributed by atoms with Gasteiger partial charge in [0.15, 0.2) is 0 Å². The Bertz CT molecular complexity index is 297. The fourth-order valence-corrected chi connectivity index (χ4v) is 1.24. The van der Waals surface area contributed by atoms with E-state index in [4.69, 9.17) is 9.84 Å². The molecule has 1 rings (SSSR count). The molecule has 0 bridgehead atoms. The van der Waals surface area contributed by atoms with E-state index in [1.165, 1.54) is 0 Å². The number of rotatable bonds is 5. The molecular formula is C12H18O3. The summed E-state index contributed by atoms with van der Waals surface area (Å²) in [5, 5.41) is 18.4. The Morgan fingerprint density at radius 1 is 1.27 bits per heavy atom. The molecule has 1 aromatic rings. The summed E-state index contributed by atoms with van der Waals surface area (Å²) in [7, 11) is 0. The lowest BCUT2D eigenvalue weighted by Gasteiger charge is -2.15. The lowest BCUT2D eigenvalue weighted by Crippen LogP contribution is -2.13. The molecule has 0 saturated heterocycles. The first kappa shape index (κ1) is 12.0. The molecule has 84 valence electrons. The maximum Gasteiger partial charge on any atom is 0.125 e. The second-order valence-electron chi connectivity index (χ2n) is 3.81. The molecule has 0 heterocycles. The topological polar surface area (TPSA) is 49.7 Å². The third-order valence-corrected chi connectivity index (χ3v) is 2.20. The summed E-state index contributed by atoms with van der Waals surface area (Å²) >= 11 is 0. The van der Waals surface area contributed by atoms with Crippen molar-refractivity contribution in [1.82, 2.24) is 0 Å². The van der Waals surface area contributed by atoms with Crippen LogP contribution in [0.5, 0.6) is 5.75 Å². The molecule has 0 aliphatic carbocycles. The maximum atomic E-state index is 9.50. The molecular weight excluding hydrogens is 192 g/mol. The van der Waals surface area contributed by atoms with Crippen LogP contribution in [0.15, 0.2) is 24.3 Å². The van der Waals surface area contributed by atoms with Crippen LogP contribution in [0.3, 0.4) is 0 Å². The predicted molar refractivity (Wildman–Crippen MR) is 58.8 cm³/mol. The third-order valence-electron chi connectivity index (χ3n) is 2.20. The minimum absolute atomic E-state index is 0.104. The van der Waals surface area contributed by atoms with Gasteiger partial charge in [0.1, 0.15) is 5.75 Å². The molecule has 3 nitrogen and oxygen atoms in total. The van der Waals surface area contributed by atoms with E-state index in [-0.39, 0.29) is 12.5 Å². The van der Waals surface area contributed by atoms with E-state index in [1.54, 1.807) is 6.92 Å². The quantitative estimate of drug-likeness (QED) is 0.778. The summed E-state index contributed by atoms with van der Waals surface area (Å²) < 4.78 is 5.53. The minimum Gasteiger partial charge on any atom is -0.493 e. The summed E-state index contributed by atoms with van der Waals surface area (Å²) in [6.07, 6.45) is -0.536. The highest BCUT2D eigenvalue weighted by atomic mass is 16.5. The molecule has 1 unspecified atom stereocenters. The summed E-state index contributed by atoms with van der Waals surface area (Å²) in [6.45, 7) is 4.18. The second kappa shape index (κ2) is 5.73. The zero-order chi connectivity index (χ0) is 11.3. The zero-order valence-electron chi connectivity index (χ0n) is 9.18. The van der Waals surface area contributed by atoms with Crippen molar-refractivity contribution >= 4 is 0 Å². The van der Waals surface area contributed by atoms with Gasteiger partial charge in [0.2, 0.25) is 0 Å². The molecule has 15 heavy (non-hydrogen) atoms. The summed E-state index contributed by atoms with van der Waals surface area (Å²) in [6, 6.07) is 7.39. The molecule has 0 saturated carbocycles. The van der Waals surface area contributed by atoms with Gasteiger partial charge in [0.05, 0.1) is 12.7 Å². The number of benzene rings is 1. The van der Waals surface area contributed by atoms with Crippen LogP contribution < -0.4 is 4.74 Å². The van der Waals surface area contributed by atoms with Crippen LogP contribution in [0.1, 0.15) is 25.5 Å². The van der Waals surface area contributed by atoms with Gasteiger partial charge < -0.3 is 14.9 Å². The van der Waals surface area contributed by atoms with Gasteiger partial charge in [-0.2, -0.15) is 0 Å². The van der Waals surface area contributed by atoms with E-state index >= 15 is 0 Å². The summed E-state index contributed by atoms with van der Waals surface area (Å²) in [5.41, 5.74) is 0.780. The standard InChI is InChI=1S/C12H18O3/c1-9(7-13)8-15-12-6-4-3-5-11(12)10(2)14/h3-6,9-10,13-14H,7-8H2,1-2H3/t9?,10-/m0/s1. The highest BCUT2D eigenvalue weighted by Gasteiger charge is 2.09. The van der Waals surface area contributed by atoms with Gasteiger partial charge in [0, 0.05) is 18.1 Å². The largest absolute Gasteiger partial charge is 0.493 e. The number of hydrogen-bond donors (Lipinski definition) is 2. The molecule has 0 aliphatic rings. The highest BCUT2D eigenvalue weighted by molar-refractivity contribution is 5.34. The Kier molecular flexibility index (Phi) is 4.59. The first-order valence-electron chi connectivity index (χ1n) is 5.15. The number of para-hydroxylation sites is 1. The predicted octanol–water partition coefficient (Wildman–Crippen LogP) is 1.75. The minimum atomic E-state index is -0.536. The van der Waals surface area contributed by atoms with E-state index in [1.807, 2.05) is 31.2 Å². The Labute approximate surface area is 90.3 Å². The molecule has 0 radical (unpaired) electrons. The van der Waals surface area contributed by atoms with Crippen LogP contribution in [0.2, 0.25) is 0 Å². The molecule has 0 aliphatic heterocycles. The van der Waals surface area contributed by atoms with Crippen LogP contribution in [-0.2, 0) is 0 Å². The number of aliphatic hydroxyl groups excluding tert-OH is 2. The van der Waals surface area contributed by atoms with Crippen LogP contribution in [0.25, 0.3) is 0 Å². The lowest BCUT2D eigenvalue weighted by molar-refractivity contribution is 0.163. The molecule has 3 heteroatoms. The molecule has 0 spiro atoms. The Balaban J connectivity index is 2.67. The van der Waals surface area contributed by atoms with Gasteiger partial charge in [-0.05, 0) is 13.0 Å². The van der Waals surface area contributed by atoms with Crippen molar-refractivity contribution in [3.8, 4) is 5.75 Å². The van der Waals surface area contributed by atoms with Crippen molar-refractivity contribution in [3.05, 3.63) is 29.8 Å².